The Kier molecular flexibility index (Phi) is 8.22. The number of hydrogen-bond acceptors (Lipinski definition) is 4. The Bertz CT molecular complexity index is 304. The molecule has 0 spiro atoms. The number of rotatable bonds is 7. The average Bonchev–Trinajstić information content (AvgIpc) is 2.46. The van der Waals surface area contributed by atoms with Gasteiger partial charge < -0.3 is 10.6 Å². The highest BCUT2D eigenvalue weighted by Gasteiger charge is 2.22. The minimum Gasteiger partial charge on any atom is -0.338 e. The van der Waals surface area contributed by atoms with Gasteiger partial charge in [0.1, 0.15) is 0 Å². The third kappa shape index (κ3) is 6.34. The van der Waals surface area contributed by atoms with Crippen LogP contribution in [0.5, 0.6) is 0 Å². The lowest BCUT2D eigenvalue weighted by Gasteiger charge is -2.33. The molecule has 0 aromatic rings. The standard InChI is InChI=1S/C14H28N4O2/c1-3-5-8-16-14(20)17-13(19)11-18(4-2)12-6-9-15-10-7-12/h12,15H,3-11H2,1-2H3,(H2,16,17,19,20). The Morgan fingerprint density at radius 3 is 2.55 bits per heavy atom. The van der Waals surface area contributed by atoms with Crippen molar-refractivity contribution in [1.29, 1.82) is 0 Å². The molecule has 0 atom stereocenters. The predicted molar refractivity (Wildman–Crippen MR) is 79.6 cm³/mol. The summed E-state index contributed by atoms with van der Waals surface area (Å²) >= 11 is 0. The summed E-state index contributed by atoms with van der Waals surface area (Å²) in [5, 5.41) is 8.40. The van der Waals surface area contributed by atoms with Crippen LogP contribution in [0.4, 0.5) is 4.79 Å². The Balaban J connectivity index is 2.29. The maximum absolute atomic E-state index is 11.9. The van der Waals surface area contributed by atoms with Gasteiger partial charge in [0.15, 0.2) is 0 Å². The van der Waals surface area contributed by atoms with E-state index in [0.29, 0.717) is 19.1 Å². The summed E-state index contributed by atoms with van der Waals surface area (Å²) in [5.41, 5.74) is 0. The van der Waals surface area contributed by atoms with Gasteiger partial charge in [-0.15, -0.1) is 0 Å². The Morgan fingerprint density at radius 1 is 1.25 bits per heavy atom. The molecule has 0 unspecified atom stereocenters. The highest BCUT2D eigenvalue weighted by atomic mass is 16.2. The largest absolute Gasteiger partial charge is 0.338 e. The number of nitrogens with zero attached hydrogens (tertiary/aromatic N) is 1. The summed E-state index contributed by atoms with van der Waals surface area (Å²) in [6.45, 7) is 7.85. The third-order valence-electron chi connectivity index (χ3n) is 3.65. The number of carbonyl (C=O) groups is 2. The number of piperidine rings is 1. The quantitative estimate of drug-likeness (QED) is 0.601. The highest BCUT2D eigenvalue weighted by molar-refractivity contribution is 5.95. The molecule has 0 radical (unpaired) electrons. The fourth-order valence-electron chi connectivity index (χ4n) is 2.44. The molecule has 1 saturated heterocycles. The summed E-state index contributed by atoms with van der Waals surface area (Å²) in [7, 11) is 0. The number of unbranched alkanes of at least 4 members (excludes halogenated alkanes) is 1. The van der Waals surface area contributed by atoms with E-state index in [-0.39, 0.29) is 11.9 Å². The van der Waals surface area contributed by atoms with E-state index in [1.807, 2.05) is 0 Å². The second-order valence-electron chi connectivity index (χ2n) is 5.20. The van der Waals surface area contributed by atoms with Crippen LogP contribution in [0.1, 0.15) is 39.5 Å². The first-order valence-electron chi connectivity index (χ1n) is 7.69. The van der Waals surface area contributed by atoms with Crippen molar-refractivity contribution >= 4 is 11.9 Å². The number of nitrogens with one attached hydrogen (secondary N) is 3. The third-order valence-corrected chi connectivity index (χ3v) is 3.65. The molecule has 0 aliphatic carbocycles. The van der Waals surface area contributed by atoms with Gasteiger partial charge in [-0.25, -0.2) is 4.79 Å². The van der Waals surface area contributed by atoms with Gasteiger partial charge in [-0.1, -0.05) is 20.3 Å². The fraction of sp³-hybridized carbons (Fsp3) is 0.857. The van der Waals surface area contributed by atoms with Gasteiger partial charge in [-0.2, -0.15) is 0 Å². The summed E-state index contributed by atoms with van der Waals surface area (Å²) in [5.74, 6) is -0.223. The molecule has 1 fully saturated rings. The molecule has 116 valence electrons. The first-order chi connectivity index (χ1) is 9.67. The molecule has 0 aromatic heterocycles. The lowest BCUT2D eigenvalue weighted by Crippen LogP contribution is -2.49. The number of hydrogen-bond donors (Lipinski definition) is 3. The Morgan fingerprint density at radius 2 is 1.95 bits per heavy atom. The predicted octanol–water partition coefficient (Wildman–Crippen LogP) is 0.686. The molecular formula is C14H28N4O2. The van der Waals surface area contributed by atoms with Crippen LogP contribution in [0.25, 0.3) is 0 Å². The van der Waals surface area contributed by atoms with Crippen LogP contribution in [0.15, 0.2) is 0 Å². The van der Waals surface area contributed by atoms with Gasteiger partial charge in [0.05, 0.1) is 6.54 Å². The van der Waals surface area contributed by atoms with Crippen LogP contribution in [0, 0.1) is 0 Å². The molecule has 1 rings (SSSR count). The number of amides is 3. The van der Waals surface area contributed by atoms with Crippen LogP contribution in [0.2, 0.25) is 0 Å². The zero-order valence-electron chi connectivity index (χ0n) is 12.7. The molecule has 0 bridgehead atoms. The molecule has 1 heterocycles. The van der Waals surface area contributed by atoms with Crippen LogP contribution >= 0.6 is 0 Å². The van der Waals surface area contributed by atoms with Crippen LogP contribution in [-0.2, 0) is 4.79 Å². The van der Waals surface area contributed by atoms with E-state index in [2.05, 4.69) is 34.7 Å². The van der Waals surface area contributed by atoms with Crippen LogP contribution in [-0.4, -0.2) is 55.6 Å². The first kappa shape index (κ1) is 16.9. The maximum atomic E-state index is 11.9. The SMILES string of the molecule is CCCCNC(=O)NC(=O)CN(CC)C1CCNCC1. The molecule has 1 aliphatic heterocycles. The molecule has 6 nitrogen and oxygen atoms in total. The minimum absolute atomic E-state index is 0.223. The second-order valence-corrected chi connectivity index (χ2v) is 5.20. The van der Waals surface area contributed by atoms with Gasteiger partial charge in [0.2, 0.25) is 5.91 Å². The minimum atomic E-state index is -0.384. The van der Waals surface area contributed by atoms with Gasteiger partial charge in [-0.05, 0) is 38.9 Å². The zero-order chi connectivity index (χ0) is 14.8. The van der Waals surface area contributed by atoms with Crippen molar-refractivity contribution in [3.05, 3.63) is 0 Å². The summed E-state index contributed by atoms with van der Waals surface area (Å²) in [6.07, 6.45) is 4.07. The highest BCUT2D eigenvalue weighted by Crippen LogP contribution is 2.10. The van der Waals surface area contributed by atoms with Crippen molar-refractivity contribution in [3.8, 4) is 0 Å². The lowest BCUT2D eigenvalue weighted by atomic mass is 10.0. The molecule has 1 aliphatic rings. The van der Waals surface area contributed by atoms with E-state index in [9.17, 15) is 9.59 Å². The van der Waals surface area contributed by atoms with Gasteiger partial charge in [0, 0.05) is 12.6 Å². The topological polar surface area (TPSA) is 73.5 Å². The van der Waals surface area contributed by atoms with Gasteiger partial charge in [0.25, 0.3) is 0 Å². The van der Waals surface area contributed by atoms with Crippen molar-refractivity contribution in [2.24, 2.45) is 0 Å². The normalized spacial score (nSPS) is 16.1. The summed E-state index contributed by atoms with van der Waals surface area (Å²) in [4.78, 5) is 25.5. The summed E-state index contributed by atoms with van der Waals surface area (Å²) < 4.78 is 0. The zero-order valence-corrected chi connectivity index (χ0v) is 12.7. The van der Waals surface area contributed by atoms with Crippen molar-refractivity contribution in [1.82, 2.24) is 20.9 Å². The summed E-state index contributed by atoms with van der Waals surface area (Å²) in [6, 6.07) is 0.0555. The van der Waals surface area contributed by atoms with Crippen LogP contribution in [0.3, 0.4) is 0 Å². The fourth-order valence-corrected chi connectivity index (χ4v) is 2.44. The van der Waals surface area contributed by atoms with Crippen molar-refractivity contribution < 1.29 is 9.59 Å². The monoisotopic (exact) mass is 284 g/mol. The van der Waals surface area contributed by atoms with Crippen LogP contribution < -0.4 is 16.0 Å². The van der Waals surface area contributed by atoms with Crippen molar-refractivity contribution in [2.75, 3.05) is 32.7 Å². The maximum Gasteiger partial charge on any atom is 0.321 e. The van der Waals surface area contributed by atoms with E-state index in [4.69, 9.17) is 0 Å². The molecule has 0 aromatic carbocycles. The Labute approximate surface area is 121 Å². The Hall–Kier alpha value is -1.14. The van der Waals surface area contributed by atoms with E-state index in [1.54, 1.807) is 0 Å². The van der Waals surface area contributed by atoms with Gasteiger partial charge >= 0.3 is 6.03 Å². The van der Waals surface area contributed by atoms with Crippen molar-refractivity contribution in [2.45, 2.75) is 45.6 Å². The molecule has 3 N–H and O–H groups in total. The number of imide groups is 1. The number of carbonyl (C=O) groups excluding carboxylic acids is 2. The number of likely N-dealkylation sites (N-methyl/N-ethyl adjacent to an activating group) is 1. The van der Waals surface area contributed by atoms with E-state index in [1.165, 1.54) is 0 Å². The van der Waals surface area contributed by atoms with Gasteiger partial charge in [-0.3, -0.25) is 15.0 Å². The van der Waals surface area contributed by atoms with E-state index in [0.717, 1.165) is 45.3 Å². The smallest absolute Gasteiger partial charge is 0.321 e. The molecule has 20 heavy (non-hydrogen) atoms. The van der Waals surface area contributed by atoms with E-state index >= 15 is 0 Å². The first-order valence-corrected chi connectivity index (χ1v) is 7.69. The molecule has 6 heteroatoms. The molecular weight excluding hydrogens is 256 g/mol. The molecule has 0 saturated carbocycles. The molecule has 3 amide bonds. The second kappa shape index (κ2) is 9.72. The van der Waals surface area contributed by atoms with E-state index < -0.39 is 0 Å². The number of urea groups is 1. The average molecular weight is 284 g/mol. The van der Waals surface area contributed by atoms with Crippen molar-refractivity contribution in [3.63, 3.8) is 0 Å². The lowest BCUT2D eigenvalue weighted by molar-refractivity contribution is -0.121.